The van der Waals surface area contributed by atoms with Crippen LogP contribution >= 0.6 is 23.1 Å². The average molecular weight is 435 g/mol. The second-order valence-corrected chi connectivity index (χ2v) is 8.98. The van der Waals surface area contributed by atoms with Crippen molar-refractivity contribution in [3.8, 4) is 0 Å². The van der Waals surface area contributed by atoms with E-state index in [1.54, 1.807) is 10.6 Å². The minimum Gasteiger partial charge on any atom is -0.376 e. The summed E-state index contributed by atoms with van der Waals surface area (Å²) in [6.45, 7) is 5.24. The van der Waals surface area contributed by atoms with Gasteiger partial charge in [-0.1, -0.05) is 23.8 Å². The third kappa shape index (κ3) is 4.24. The van der Waals surface area contributed by atoms with Crippen LogP contribution in [0.5, 0.6) is 0 Å². The van der Waals surface area contributed by atoms with Gasteiger partial charge < -0.3 is 14.6 Å². The molecular weight excluding hydrogens is 412 g/mol. The number of thioether (sulfide) groups is 1. The molecule has 4 rings (SSSR count). The number of carbonyl (C=O) groups excluding carboxylic acids is 1. The van der Waals surface area contributed by atoms with Gasteiger partial charge in [-0.15, -0.1) is 11.3 Å². The van der Waals surface area contributed by atoms with Crippen molar-refractivity contribution in [1.29, 1.82) is 0 Å². The number of fused-ring (bicyclic) bond motifs is 1. The highest BCUT2D eigenvalue weighted by atomic mass is 32.2. The standard InChI is InChI=1S/C19H22N4O4S2/c1-3-13-11(2)29-17-16(13)18(25)23(9-12-5-4-7-26-12)19(21-17)28-10-15(24)20-14-6-8-27-22-14/h6,8,12H,3-5,7,9-10H2,1-2H3,(H,20,22,24). The summed E-state index contributed by atoms with van der Waals surface area (Å²) in [5, 5.41) is 7.57. The molecule has 1 unspecified atom stereocenters. The quantitative estimate of drug-likeness (QED) is 0.450. The number of anilines is 1. The summed E-state index contributed by atoms with van der Waals surface area (Å²) in [4.78, 5) is 32.2. The molecule has 1 atom stereocenters. The van der Waals surface area contributed by atoms with Crippen LogP contribution in [0.3, 0.4) is 0 Å². The number of nitrogens with one attached hydrogen (secondary N) is 1. The summed E-state index contributed by atoms with van der Waals surface area (Å²) < 4.78 is 12.1. The third-order valence-corrected chi connectivity index (χ3v) is 6.90. The van der Waals surface area contributed by atoms with Gasteiger partial charge >= 0.3 is 0 Å². The number of hydrogen-bond donors (Lipinski definition) is 1. The molecule has 0 aromatic carbocycles. The summed E-state index contributed by atoms with van der Waals surface area (Å²) in [5.41, 5.74) is 1.01. The molecule has 1 saturated heterocycles. The van der Waals surface area contributed by atoms with Gasteiger partial charge in [-0.05, 0) is 31.7 Å². The van der Waals surface area contributed by atoms with Crippen LogP contribution in [0.15, 0.2) is 26.8 Å². The lowest BCUT2D eigenvalue weighted by atomic mass is 10.1. The molecule has 8 nitrogen and oxygen atoms in total. The second-order valence-electron chi connectivity index (χ2n) is 6.84. The first-order valence-corrected chi connectivity index (χ1v) is 11.3. The summed E-state index contributed by atoms with van der Waals surface area (Å²) in [6.07, 6.45) is 4.09. The molecule has 1 amide bonds. The van der Waals surface area contributed by atoms with Crippen LogP contribution in [0, 0.1) is 6.92 Å². The van der Waals surface area contributed by atoms with Crippen molar-refractivity contribution in [2.45, 2.75) is 50.9 Å². The summed E-state index contributed by atoms with van der Waals surface area (Å²) in [6, 6.07) is 1.57. The van der Waals surface area contributed by atoms with E-state index >= 15 is 0 Å². The highest BCUT2D eigenvalue weighted by Crippen LogP contribution is 2.30. The van der Waals surface area contributed by atoms with Crippen LogP contribution < -0.4 is 10.9 Å². The van der Waals surface area contributed by atoms with E-state index in [-0.39, 0.29) is 23.3 Å². The number of rotatable bonds is 7. The Kier molecular flexibility index (Phi) is 6.02. The number of ether oxygens (including phenoxy) is 1. The SMILES string of the molecule is CCc1c(C)sc2nc(SCC(=O)Nc3ccon3)n(CC3CCCO3)c(=O)c12. The zero-order valence-corrected chi connectivity index (χ0v) is 17.9. The molecule has 154 valence electrons. The van der Waals surface area contributed by atoms with E-state index in [1.165, 1.54) is 29.4 Å². The largest absolute Gasteiger partial charge is 0.376 e. The fourth-order valence-electron chi connectivity index (χ4n) is 3.51. The summed E-state index contributed by atoms with van der Waals surface area (Å²) in [7, 11) is 0. The number of amides is 1. The molecule has 1 aliphatic heterocycles. The van der Waals surface area contributed by atoms with Gasteiger partial charge in [0.15, 0.2) is 11.0 Å². The monoisotopic (exact) mass is 434 g/mol. The van der Waals surface area contributed by atoms with E-state index in [4.69, 9.17) is 14.2 Å². The summed E-state index contributed by atoms with van der Waals surface area (Å²) in [5.74, 6) is 0.233. The van der Waals surface area contributed by atoms with Gasteiger partial charge in [0.25, 0.3) is 5.56 Å². The van der Waals surface area contributed by atoms with Crippen LogP contribution in [0.2, 0.25) is 0 Å². The maximum atomic E-state index is 13.4. The van der Waals surface area contributed by atoms with Crippen molar-refractivity contribution >= 4 is 45.0 Å². The molecule has 10 heteroatoms. The van der Waals surface area contributed by atoms with Crippen LogP contribution in [0.4, 0.5) is 5.82 Å². The number of nitrogens with zero attached hydrogens (tertiary/aromatic N) is 3. The van der Waals surface area contributed by atoms with Gasteiger partial charge in [-0.25, -0.2) is 4.98 Å². The Hall–Kier alpha value is -2.17. The molecule has 0 saturated carbocycles. The van der Waals surface area contributed by atoms with Crippen molar-refractivity contribution in [1.82, 2.24) is 14.7 Å². The fraction of sp³-hybridized carbons (Fsp3) is 0.474. The van der Waals surface area contributed by atoms with E-state index < -0.39 is 0 Å². The minimum absolute atomic E-state index is 0.0000612. The first-order valence-electron chi connectivity index (χ1n) is 9.54. The predicted molar refractivity (Wildman–Crippen MR) is 113 cm³/mol. The van der Waals surface area contributed by atoms with Crippen molar-refractivity contribution < 1.29 is 14.1 Å². The molecule has 0 radical (unpaired) electrons. The van der Waals surface area contributed by atoms with Gasteiger partial charge in [0.2, 0.25) is 5.91 Å². The smallest absolute Gasteiger partial charge is 0.263 e. The highest BCUT2D eigenvalue weighted by Gasteiger charge is 2.23. The van der Waals surface area contributed by atoms with Gasteiger partial charge in [0.1, 0.15) is 11.1 Å². The van der Waals surface area contributed by atoms with Crippen LogP contribution in [0.25, 0.3) is 10.2 Å². The Labute approximate surface area is 175 Å². The maximum Gasteiger partial charge on any atom is 0.263 e. The van der Waals surface area contributed by atoms with Crippen LogP contribution in [-0.2, 0) is 22.5 Å². The van der Waals surface area contributed by atoms with Crippen molar-refractivity contribution in [2.24, 2.45) is 0 Å². The molecular formula is C19H22N4O4S2. The molecule has 0 bridgehead atoms. The zero-order valence-electron chi connectivity index (χ0n) is 16.3. The van der Waals surface area contributed by atoms with E-state index in [9.17, 15) is 9.59 Å². The molecule has 3 aromatic rings. The van der Waals surface area contributed by atoms with Gasteiger partial charge in [0, 0.05) is 17.6 Å². The van der Waals surface area contributed by atoms with Crippen molar-refractivity contribution in [2.75, 3.05) is 17.7 Å². The lowest BCUT2D eigenvalue weighted by molar-refractivity contribution is -0.113. The molecule has 0 spiro atoms. The zero-order chi connectivity index (χ0) is 20.4. The van der Waals surface area contributed by atoms with E-state index in [0.717, 1.165) is 41.1 Å². The predicted octanol–water partition coefficient (Wildman–Crippen LogP) is 3.23. The first-order chi connectivity index (χ1) is 14.1. The number of thiophene rings is 1. The average Bonchev–Trinajstić information content (AvgIpc) is 3.44. The topological polar surface area (TPSA) is 99.3 Å². The van der Waals surface area contributed by atoms with Gasteiger partial charge in [-0.3, -0.25) is 14.2 Å². The second kappa shape index (κ2) is 8.68. The van der Waals surface area contributed by atoms with Gasteiger partial charge in [0.05, 0.1) is 23.8 Å². The molecule has 1 fully saturated rings. The maximum absolute atomic E-state index is 13.4. The number of hydrogen-bond acceptors (Lipinski definition) is 8. The first kappa shape index (κ1) is 20.1. The molecule has 4 heterocycles. The Morgan fingerprint density at radius 2 is 2.34 bits per heavy atom. The summed E-state index contributed by atoms with van der Waals surface area (Å²) >= 11 is 2.77. The lowest BCUT2D eigenvalue weighted by Gasteiger charge is -2.16. The minimum atomic E-state index is -0.237. The number of aromatic nitrogens is 3. The molecule has 29 heavy (non-hydrogen) atoms. The molecule has 1 aliphatic rings. The molecule has 0 aliphatic carbocycles. The normalized spacial score (nSPS) is 16.6. The Morgan fingerprint density at radius 1 is 1.48 bits per heavy atom. The van der Waals surface area contributed by atoms with Crippen LogP contribution in [0.1, 0.15) is 30.2 Å². The van der Waals surface area contributed by atoms with Gasteiger partial charge in [-0.2, -0.15) is 0 Å². The van der Waals surface area contributed by atoms with E-state index in [1.807, 2.05) is 6.92 Å². The van der Waals surface area contributed by atoms with Crippen molar-refractivity contribution in [3.63, 3.8) is 0 Å². The molecule has 1 N–H and O–H groups in total. The van der Waals surface area contributed by atoms with E-state index in [0.29, 0.717) is 22.9 Å². The Morgan fingerprint density at radius 3 is 3.03 bits per heavy atom. The number of aryl methyl sites for hydroxylation is 2. The number of carbonyl (C=O) groups is 1. The third-order valence-electron chi connectivity index (χ3n) is 4.88. The van der Waals surface area contributed by atoms with Crippen LogP contribution in [-0.4, -0.2) is 39.1 Å². The fourth-order valence-corrected chi connectivity index (χ4v) is 5.47. The molecule has 3 aromatic heterocycles. The van der Waals surface area contributed by atoms with E-state index in [2.05, 4.69) is 17.4 Å². The highest BCUT2D eigenvalue weighted by molar-refractivity contribution is 7.99. The Bertz CT molecular complexity index is 1070. The Balaban J connectivity index is 1.65. The van der Waals surface area contributed by atoms with Crippen molar-refractivity contribution in [3.05, 3.63) is 33.1 Å². The lowest BCUT2D eigenvalue weighted by Crippen LogP contribution is -2.29.